The van der Waals surface area contributed by atoms with E-state index < -0.39 is 0 Å². The van der Waals surface area contributed by atoms with Crippen LogP contribution in [0.5, 0.6) is 5.75 Å². The predicted octanol–water partition coefficient (Wildman–Crippen LogP) is 3.77. The van der Waals surface area contributed by atoms with Crippen molar-refractivity contribution in [2.75, 3.05) is 11.9 Å². The highest BCUT2D eigenvalue weighted by atomic mass is 35.5. The quantitative estimate of drug-likeness (QED) is 0.837. The monoisotopic (exact) mass is 346 g/mol. The molecule has 4 nitrogen and oxygen atoms in total. The number of rotatable bonds is 6. The van der Waals surface area contributed by atoms with Crippen LogP contribution in [0.15, 0.2) is 54.6 Å². The third-order valence-electron chi connectivity index (χ3n) is 3.98. The molecule has 1 atom stereocenters. The molecule has 2 N–H and O–H groups in total. The van der Waals surface area contributed by atoms with Gasteiger partial charge in [0, 0.05) is 18.2 Å². The summed E-state index contributed by atoms with van der Waals surface area (Å²) >= 11 is 0. The Bertz CT molecular complexity index is 626. The molecule has 1 aliphatic heterocycles. The van der Waals surface area contributed by atoms with E-state index in [1.807, 2.05) is 54.6 Å². The molecular formula is C19H23ClN2O2. The topological polar surface area (TPSA) is 50.4 Å². The van der Waals surface area contributed by atoms with Crippen LogP contribution in [0.2, 0.25) is 0 Å². The van der Waals surface area contributed by atoms with E-state index in [9.17, 15) is 4.79 Å². The van der Waals surface area contributed by atoms with Gasteiger partial charge in [0.25, 0.3) is 0 Å². The maximum Gasteiger partial charge on any atom is 0.225 e. The Balaban J connectivity index is 0.00000208. The summed E-state index contributed by atoms with van der Waals surface area (Å²) in [5.74, 6) is 0.853. The Morgan fingerprint density at radius 3 is 2.54 bits per heavy atom. The maximum absolute atomic E-state index is 12.0. The van der Waals surface area contributed by atoms with Gasteiger partial charge in [0.1, 0.15) is 12.4 Å². The van der Waals surface area contributed by atoms with Crippen LogP contribution < -0.4 is 15.4 Å². The van der Waals surface area contributed by atoms with E-state index in [1.54, 1.807) is 0 Å². The number of carbonyl (C=O) groups excluding carboxylic acids is 1. The average molecular weight is 347 g/mol. The minimum atomic E-state index is 0. The molecule has 1 heterocycles. The molecule has 3 rings (SSSR count). The lowest BCUT2D eigenvalue weighted by Gasteiger charge is -2.11. The molecule has 2 aromatic rings. The largest absolute Gasteiger partial charge is 0.489 e. The fourth-order valence-corrected chi connectivity index (χ4v) is 2.74. The van der Waals surface area contributed by atoms with Crippen molar-refractivity contribution >= 4 is 24.0 Å². The second-order valence-electron chi connectivity index (χ2n) is 5.84. The summed E-state index contributed by atoms with van der Waals surface area (Å²) in [6.07, 6.45) is 2.78. The van der Waals surface area contributed by atoms with E-state index in [1.165, 1.54) is 0 Å². The van der Waals surface area contributed by atoms with Crippen LogP contribution in [0.4, 0.5) is 5.69 Å². The van der Waals surface area contributed by atoms with Gasteiger partial charge in [-0.25, -0.2) is 0 Å². The van der Waals surface area contributed by atoms with E-state index in [4.69, 9.17) is 4.74 Å². The molecule has 2 aromatic carbocycles. The van der Waals surface area contributed by atoms with Gasteiger partial charge in [0.2, 0.25) is 5.91 Å². The fourth-order valence-electron chi connectivity index (χ4n) is 2.74. The zero-order chi connectivity index (χ0) is 15.9. The molecule has 24 heavy (non-hydrogen) atoms. The normalized spacial score (nSPS) is 16.2. The highest BCUT2D eigenvalue weighted by molar-refractivity contribution is 5.91. The van der Waals surface area contributed by atoms with Gasteiger partial charge in [0.05, 0.1) is 0 Å². The first kappa shape index (κ1) is 18.3. The molecule has 5 heteroatoms. The molecule has 0 aromatic heterocycles. The minimum Gasteiger partial charge on any atom is -0.489 e. The Labute approximate surface area is 149 Å². The van der Waals surface area contributed by atoms with Crippen LogP contribution >= 0.6 is 12.4 Å². The van der Waals surface area contributed by atoms with Crippen LogP contribution in [0.3, 0.4) is 0 Å². The Morgan fingerprint density at radius 1 is 1.12 bits per heavy atom. The zero-order valence-corrected chi connectivity index (χ0v) is 14.4. The van der Waals surface area contributed by atoms with Crippen molar-refractivity contribution in [3.8, 4) is 5.75 Å². The molecule has 1 unspecified atom stereocenters. The molecule has 0 saturated carbocycles. The van der Waals surface area contributed by atoms with Crippen molar-refractivity contribution in [3.63, 3.8) is 0 Å². The molecule has 1 amide bonds. The van der Waals surface area contributed by atoms with Gasteiger partial charge in [-0.1, -0.05) is 30.3 Å². The number of ether oxygens (including phenoxy) is 1. The van der Waals surface area contributed by atoms with E-state index in [0.717, 1.165) is 36.4 Å². The van der Waals surface area contributed by atoms with E-state index >= 15 is 0 Å². The first-order valence-electron chi connectivity index (χ1n) is 8.09. The maximum atomic E-state index is 12.0. The van der Waals surface area contributed by atoms with Crippen molar-refractivity contribution in [3.05, 3.63) is 60.2 Å². The highest BCUT2D eigenvalue weighted by Gasteiger charge is 2.17. The summed E-state index contributed by atoms with van der Waals surface area (Å²) in [5, 5.41) is 6.27. The molecule has 1 aliphatic rings. The van der Waals surface area contributed by atoms with Crippen molar-refractivity contribution in [1.82, 2.24) is 5.32 Å². The van der Waals surface area contributed by atoms with Gasteiger partial charge >= 0.3 is 0 Å². The Kier molecular flexibility index (Phi) is 7.09. The van der Waals surface area contributed by atoms with E-state index in [2.05, 4.69) is 10.6 Å². The van der Waals surface area contributed by atoms with Gasteiger partial charge < -0.3 is 15.4 Å². The first-order valence-corrected chi connectivity index (χ1v) is 8.09. The lowest BCUT2D eigenvalue weighted by Crippen LogP contribution is -2.27. The van der Waals surface area contributed by atoms with Crippen LogP contribution in [0.1, 0.15) is 24.8 Å². The number of amides is 1. The summed E-state index contributed by atoms with van der Waals surface area (Å²) in [5.41, 5.74) is 1.94. The number of benzene rings is 2. The Morgan fingerprint density at radius 2 is 1.88 bits per heavy atom. The molecule has 0 aliphatic carbocycles. The molecule has 0 spiro atoms. The minimum absolute atomic E-state index is 0. The number of carbonyl (C=O) groups is 1. The van der Waals surface area contributed by atoms with Crippen LogP contribution in [-0.4, -0.2) is 18.5 Å². The third kappa shape index (κ3) is 5.55. The van der Waals surface area contributed by atoms with Crippen molar-refractivity contribution in [2.45, 2.75) is 31.9 Å². The Hall–Kier alpha value is -2.04. The van der Waals surface area contributed by atoms with Gasteiger partial charge in [-0.3, -0.25) is 4.79 Å². The van der Waals surface area contributed by atoms with Gasteiger partial charge in [0.15, 0.2) is 0 Å². The van der Waals surface area contributed by atoms with E-state index in [0.29, 0.717) is 19.1 Å². The van der Waals surface area contributed by atoms with Crippen molar-refractivity contribution in [2.24, 2.45) is 0 Å². The zero-order valence-electron chi connectivity index (χ0n) is 13.5. The number of anilines is 1. The smallest absolute Gasteiger partial charge is 0.225 e. The SMILES string of the molecule is Cl.O=C(CC1CCCN1)Nc1ccc(OCc2ccccc2)cc1. The molecule has 0 radical (unpaired) electrons. The fraction of sp³-hybridized carbons (Fsp3) is 0.316. The number of halogens is 1. The second kappa shape index (κ2) is 9.30. The lowest BCUT2D eigenvalue weighted by molar-refractivity contribution is -0.116. The van der Waals surface area contributed by atoms with Crippen molar-refractivity contribution < 1.29 is 9.53 Å². The summed E-state index contributed by atoms with van der Waals surface area (Å²) in [7, 11) is 0. The summed E-state index contributed by atoms with van der Waals surface area (Å²) < 4.78 is 5.74. The van der Waals surface area contributed by atoms with Gasteiger partial charge in [-0.2, -0.15) is 0 Å². The molecule has 1 saturated heterocycles. The van der Waals surface area contributed by atoms with Crippen LogP contribution in [0, 0.1) is 0 Å². The first-order chi connectivity index (χ1) is 11.3. The number of hydrogen-bond donors (Lipinski definition) is 2. The molecule has 0 bridgehead atoms. The van der Waals surface area contributed by atoms with Crippen LogP contribution in [-0.2, 0) is 11.4 Å². The standard InChI is InChI=1S/C19H22N2O2.ClH/c22-19(13-17-7-4-12-20-17)21-16-8-10-18(11-9-16)23-14-15-5-2-1-3-6-15;/h1-3,5-6,8-11,17,20H,4,7,12-14H2,(H,21,22);1H. The molecule has 1 fully saturated rings. The van der Waals surface area contributed by atoms with E-state index in [-0.39, 0.29) is 18.3 Å². The number of nitrogens with one attached hydrogen (secondary N) is 2. The summed E-state index contributed by atoms with van der Waals surface area (Å²) in [6.45, 7) is 1.56. The molecule has 128 valence electrons. The van der Waals surface area contributed by atoms with Gasteiger partial charge in [-0.05, 0) is 49.2 Å². The second-order valence-corrected chi connectivity index (χ2v) is 5.84. The average Bonchev–Trinajstić information content (AvgIpc) is 3.08. The highest BCUT2D eigenvalue weighted by Crippen LogP contribution is 2.18. The molecular weight excluding hydrogens is 324 g/mol. The van der Waals surface area contributed by atoms with Crippen LogP contribution in [0.25, 0.3) is 0 Å². The van der Waals surface area contributed by atoms with Gasteiger partial charge in [-0.15, -0.1) is 12.4 Å². The summed E-state index contributed by atoms with van der Waals surface area (Å²) in [4.78, 5) is 12.0. The number of hydrogen-bond acceptors (Lipinski definition) is 3. The third-order valence-corrected chi connectivity index (χ3v) is 3.98. The predicted molar refractivity (Wildman–Crippen MR) is 98.7 cm³/mol. The lowest BCUT2D eigenvalue weighted by atomic mass is 10.1. The van der Waals surface area contributed by atoms with Crippen molar-refractivity contribution in [1.29, 1.82) is 0 Å². The summed E-state index contributed by atoms with van der Waals surface area (Å²) in [6, 6.07) is 17.9.